The molecule has 2 aromatic rings. The summed E-state index contributed by atoms with van der Waals surface area (Å²) in [5.74, 6) is -0.0252. The molecule has 1 atom stereocenters. The highest BCUT2D eigenvalue weighted by atomic mass is 35.5. The number of amides is 2. The van der Waals surface area contributed by atoms with Gasteiger partial charge in [-0.15, -0.1) is 11.3 Å². The fourth-order valence-electron chi connectivity index (χ4n) is 3.16. The molecule has 0 radical (unpaired) electrons. The van der Waals surface area contributed by atoms with Gasteiger partial charge in [0.2, 0.25) is 5.91 Å². The molecule has 1 aliphatic heterocycles. The molecular weight excluding hydrogens is 391 g/mol. The molecule has 1 aromatic carbocycles. The molecule has 1 aromatic heterocycles. The van der Waals surface area contributed by atoms with E-state index in [0.717, 1.165) is 10.4 Å². The Balaban J connectivity index is 1.54. The van der Waals surface area contributed by atoms with Gasteiger partial charge in [0.05, 0.1) is 10.9 Å². The van der Waals surface area contributed by atoms with Crippen molar-refractivity contribution in [3.05, 3.63) is 56.2 Å². The van der Waals surface area contributed by atoms with Crippen molar-refractivity contribution in [2.24, 2.45) is 5.92 Å². The molecule has 0 spiro atoms. The number of carbonyl (C=O) groups is 2. The summed E-state index contributed by atoms with van der Waals surface area (Å²) in [5, 5.41) is 6.04. The Morgan fingerprint density at radius 1 is 1.23 bits per heavy atom. The molecule has 26 heavy (non-hydrogen) atoms. The molecule has 0 saturated carbocycles. The van der Waals surface area contributed by atoms with Crippen LogP contribution in [0, 0.1) is 5.92 Å². The number of thiophene rings is 1. The van der Waals surface area contributed by atoms with E-state index in [-0.39, 0.29) is 23.8 Å². The van der Waals surface area contributed by atoms with Crippen LogP contribution in [-0.2, 0) is 4.79 Å². The van der Waals surface area contributed by atoms with Gasteiger partial charge in [0.25, 0.3) is 5.91 Å². The van der Waals surface area contributed by atoms with Gasteiger partial charge in [-0.1, -0.05) is 35.3 Å². The average molecular weight is 411 g/mol. The molecule has 2 heterocycles. The lowest BCUT2D eigenvalue weighted by molar-refractivity contribution is -0.126. The van der Waals surface area contributed by atoms with Crippen LogP contribution in [0.25, 0.3) is 0 Å². The molecule has 1 fully saturated rings. The predicted molar refractivity (Wildman–Crippen MR) is 106 cm³/mol. The lowest BCUT2D eigenvalue weighted by Gasteiger charge is -2.31. The van der Waals surface area contributed by atoms with Crippen LogP contribution < -0.4 is 5.32 Å². The molecule has 2 amide bonds. The van der Waals surface area contributed by atoms with Crippen LogP contribution in [0.2, 0.25) is 10.0 Å². The van der Waals surface area contributed by atoms with E-state index in [2.05, 4.69) is 5.32 Å². The molecule has 0 bridgehead atoms. The summed E-state index contributed by atoms with van der Waals surface area (Å²) in [6, 6.07) is 8.79. The highest BCUT2D eigenvalue weighted by Gasteiger charge is 2.29. The largest absolute Gasteiger partial charge is 0.349 e. The first kappa shape index (κ1) is 19.2. The Bertz CT molecular complexity index is 787. The van der Waals surface area contributed by atoms with Crippen LogP contribution in [0.1, 0.15) is 41.0 Å². The van der Waals surface area contributed by atoms with E-state index < -0.39 is 0 Å². The lowest BCUT2D eigenvalue weighted by Crippen LogP contribution is -2.43. The molecular formula is C19H20Cl2N2O2S. The first-order valence-corrected chi connectivity index (χ1v) is 10.2. The number of nitrogens with zero attached hydrogens (tertiary/aromatic N) is 1. The Morgan fingerprint density at radius 3 is 2.58 bits per heavy atom. The van der Waals surface area contributed by atoms with E-state index in [4.69, 9.17) is 23.2 Å². The minimum absolute atomic E-state index is 0.00624. The third-order valence-electron chi connectivity index (χ3n) is 4.67. The zero-order valence-corrected chi connectivity index (χ0v) is 16.7. The summed E-state index contributed by atoms with van der Waals surface area (Å²) in [6.45, 7) is 3.11. The highest BCUT2D eigenvalue weighted by molar-refractivity contribution is 7.12. The maximum absolute atomic E-state index is 12.6. The van der Waals surface area contributed by atoms with Gasteiger partial charge in [0, 0.05) is 29.1 Å². The quantitative estimate of drug-likeness (QED) is 0.787. The van der Waals surface area contributed by atoms with E-state index in [1.165, 1.54) is 11.3 Å². The minimum Gasteiger partial charge on any atom is -0.349 e. The number of likely N-dealkylation sites (tertiary alicyclic amines) is 1. The van der Waals surface area contributed by atoms with Gasteiger partial charge in [-0.3, -0.25) is 9.59 Å². The van der Waals surface area contributed by atoms with Gasteiger partial charge in [-0.05, 0) is 48.9 Å². The van der Waals surface area contributed by atoms with Gasteiger partial charge in [0.15, 0.2) is 0 Å². The predicted octanol–water partition coefficient (Wildman–Crippen LogP) is 4.78. The van der Waals surface area contributed by atoms with Crippen molar-refractivity contribution in [1.82, 2.24) is 10.2 Å². The maximum atomic E-state index is 12.6. The summed E-state index contributed by atoms with van der Waals surface area (Å²) in [4.78, 5) is 27.5. The zero-order chi connectivity index (χ0) is 18.7. The third-order valence-corrected chi connectivity index (χ3v) is 6.09. The van der Waals surface area contributed by atoms with Crippen molar-refractivity contribution in [2.45, 2.75) is 25.8 Å². The highest BCUT2D eigenvalue weighted by Crippen LogP contribution is 2.27. The second-order valence-corrected chi connectivity index (χ2v) is 8.23. The van der Waals surface area contributed by atoms with Crippen molar-refractivity contribution in [2.75, 3.05) is 13.1 Å². The van der Waals surface area contributed by atoms with Crippen LogP contribution in [0.15, 0.2) is 35.7 Å². The number of rotatable bonds is 4. The number of carbonyl (C=O) groups excluding carboxylic acids is 2. The second kappa shape index (κ2) is 8.42. The SMILES string of the molecule is C[C@H](NC(=O)C1CCN(C(=O)c2cccs2)CC1)c1ccc(Cl)cc1Cl. The van der Waals surface area contributed by atoms with Crippen molar-refractivity contribution >= 4 is 46.4 Å². The summed E-state index contributed by atoms with van der Waals surface area (Å²) in [7, 11) is 0. The number of nitrogens with one attached hydrogen (secondary N) is 1. The van der Waals surface area contributed by atoms with Crippen LogP contribution in [0.3, 0.4) is 0 Å². The molecule has 3 rings (SSSR count). The Hall–Kier alpha value is -1.56. The molecule has 1 aliphatic rings. The van der Waals surface area contributed by atoms with Crippen molar-refractivity contribution in [3.63, 3.8) is 0 Å². The number of hydrogen-bond donors (Lipinski definition) is 1. The normalized spacial score (nSPS) is 16.3. The van der Waals surface area contributed by atoms with Crippen LogP contribution in [0.5, 0.6) is 0 Å². The van der Waals surface area contributed by atoms with Crippen LogP contribution in [0.4, 0.5) is 0 Å². The molecule has 1 N–H and O–H groups in total. The van der Waals surface area contributed by atoms with Crippen molar-refractivity contribution in [1.29, 1.82) is 0 Å². The Kier molecular flexibility index (Phi) is 6.22. The van der Waals surface area contributed by atoms with Crippen LogP contribution >= 0.6 is 34.5 Å². The third kappa shape index (κ3) is 4.40. The fourth-order valence-corrected chi connectivity index (χ4v) is 4.43. The number of halogens is 2. The van der Waals surface area contributed by atoms with Gasteiger partial charge in [-0.2, -0.15) is 0 Å². The molecule has 0 aliphatic carbocycles. The minimum atomic E-state index is -0.196. The van der Waals surface area contributed by atoms with Crippen molar-refractivity contribution < 1.29 is 9.59 Å². The van der Waals surface area contributed by atoms with Crippen LogP contribution in [-0.4, -0.2) is 29.8 Å². The van der Waals surface area contributed by atoms with E-state index in [1.807, 2.05) is 35.4 Å². The molecule has 1 saturated heterocycles. The Morgan fingerprint density at radius 2 is 1.96 bits per heavy atom. The molecule has 0 unspecified atom stereocenters. The molecule has 4 nitrogen and oxygen atoms in total. The first-order chi connectivity index (χ1) is 12.5. The standard InChI is InChI=1S/C19H20Cl2N2O2S/c1-12(15-5-4-14(20)11-16(15)21)22-18(24)13-6-8-23(9-7-13)19(25)17-3-2-10-26-17/h2-5,10-13H,6-9H2,1H3,(H,22,24)/t12-/m0/s1. The molecule has 138 valence electrons. The number of piperidine rings is 1. The van der Waals surface area contributed by atoms with E-state index >= 15 is 0 Å². The van der Waals surface area contributed by atoms with E-state index in [0.29, 0.717) is 36.0 Å². The molecule has 7 heteroatoms. The summed E-state index contributed by atoms with van der Waals surface area (Å²) in [5.41, 5.74) is 0.842. The topological polar surface area (TPSA) is 49.4 Å². The summed E-state index contributed by atoms with van der Waals surface area (Å²) >= 11 is 13.6. The van der Waals surface area contributed by atoms with Gasteiger partial charge < -0.3 is 10.2 Å². The Labute approximate surface area is 167 Å². The zero-order valence-electron chi connectivity index (χ0n) is 14.4. The lowest BCUT2D eigenvalue weighted by atomic mass is 9.95. The van der Waals surface area contributed by atoms with Gasteiger partial charge in [0.1, 0.15) is 0 Å². The van der Waals surface area contributed by atoms with E-state index in [9.17, 15) is 9.59 Å². The second-order valence-electron chi connectivity index (χ2n) is 6.44. The van der Waals surface area contributed by atoms with Crippen molar-refractivity contribution in [3.8, 4) is 0 Å². The monoisotopic (exact) mass is 410 g/mol. The maximum Gasteiger partial charge on any atom is 0.263 e. The summed E-state index contributed by atoms with van der Waals surface area (Å²) in [6.07, 6.45) is 1.34. The first-order valence-electron chi connectivity index (χ1n) is 8.54. The van der Waals surface area contributed by atoms with Gasteiger partial charge >= 0.3 is 0 Å². The summed E-state index contributed by atoms with van der Waals surface area (Å²) < 4.78 is 0. The average Bonchev–Trinajstić information content (AvgIpc) is 3.15. The fraction of sp³-hybridized carbons (Fsp3) is 0.368. The number of benzene rings is 1. The number of hydrogen-bond acceptors (Lipinski definition) is 3. The smallest absolute Gasteiger partial charge is 0.263 e. The van der Waals surface area contributed by atoms with E-state index in [1.54, 1.807) is 12.1 Å². The van der Waals surface area contributed by atoms with Gasteiger partial charge in [-0.25, -0.2) is 0 Å².